The van der Waals surface area contributed by atoms with Gasteiger partial charge in [0.25, 0.3) is 0 Å². The van der Waals surface area contributed by atoms with E-state index in [4.69, 9.17) is 9.84 Å². The first kappa shape index (κ1) is 13.1. The number of hydrogen-bond acceptors (Lipinski definition) is 3. The summed E-state index contributed by atoms with van der Waals surface area (Å²) in [7, 11) is 1.67. The van der Waals surface area contributed by atoms with Crippen LogP contribution in [0.2, 0.25) is 0 Å². The summed E-state index contributed by atoms with van der Waals surface area (Å²) < 4.78 is 5.17. The maximum atomic E-state index is 10.9. The Bertz CT molecular complexity index is 415. The summed E-state index contributed by atoms with van der Waals surface area (Å²) in [5.74, 6) is -0.758. The number of benzene rings is 1. The van der Waals surface area contributed by atoms with Crippen LogP contribution in [0.25, 0.3) is 0 Å². The summed E-state index contributed by atoms with van der Waals surface area (Å²) in [6.45, 7) is 1.38. The number of carboxylic acids is 1. The van der Waals surface area contributed by atoms with Crippen molar-refractivity contribution in [1.82, 2.24) is 4.90 Å². The van der Waals surface area contributed by atoms with Crippen LogP contribution in [0.1, 0.15) is 24.0 Å². The molecule has 0 atom stereocenters. The lowest BCUT2D eigenvalue weighted by Crippen LogP contribution is -2.31. The number of rotatable bonds is 7. The van der Waals surface area contributed by atoms with Gasteiger partial charge in [-0.05, 0) is 24.0 Å². The van der Waals surface area contributed by atoms with Crippen molar-refractivity contribution >= 4 is 5.97 Å². The van der Waals surface area contributed by atoms with Crippen molar-refractivity contribution in [3.8, 4) is 0 Å². The molecule has 0 saturated heterocycles. The van der Waals surface area contributed by atoms with Crippen molar-refractivity contribution in [2.75, 3.05) is 13.7 Å². The molecule has 4 nitrogen and oxygen atoms in total. The Balaban J connectivity index is 2.07. The number of carbonyl (C=O) groups is 1. The molecule has 1 N–H and O–H groups in total. The quantitative estimate of drug-likeness (QED) is 0.801. The van der Waals surface area contributed by atoms with Crippen molar-refractivity contribution in [2.45, 2.75) is 32.0 Å². The highest BCUT2D eigenvalue weighted by molar-refractivity contribution is 5.69. The number of nitrogens with zero attached hydrogens (tertiary/aromatic N) is 1. The summed E-state index contributed by atoms with van der Waals surface area (Å²) in [6, 6.07) is 8.49. The highest BCUT2D eigenvalue weighted by atomic mass is 16.5. The van der Waals surface area contributed by atoms with Gasteiger partial charge in [-0.1, -0.05) is 24.3 Å². The maximum absolute atomic E-state index is 10.9. The predicted octanol–water partition coefficient (Wildman–Crippen LogP) is 1.88. The molecule has 18 heavy (non-hydrogen) atoms. The van der Waals surface area contributed by atoms with Gasteiger partial charge >= 0.3 is 5.97 Å². The number of ether oxygens (including phenoxy) is 1. The van der Waals surface area contributed by atoms with Gasteiger partial charge < -0.3 is 9.84 Å². The molecular weight excluding hydrogens is 230 g/mol. The lowest BCUT2D eigenvalue weighted by molar-refractivity contribution is -0.138. The topological polar surface area (TPSA) is 49.8 Å². The average Bonchev–Trinajstić information content (AvgIpc) is 3.14. The molecule has 1 aromatic rings. The predicted molar refractivity (Wildman–Crippen MR) is 68.2 cm³/mol. The third kappa shape index (κ3) is 3.55. The van der Waals surface area contributed by atoms with Gasteiger partial charge in [-0.3, -0.25) is 9.69 Å². The largest absolute Gasteiger partial charge is 0.480 e. The normalized spacial score (nSPS) is 15.0. The molecular formula is C14H19NO3. The standard InChI is InChI=1S/C14H19NO3/c1-18-10-12-5-3-2-4-11(12)8-15(9-14(16)17)13-6-7-13/h2-5,13H,6-10H2,1H3,(H,16,17). The van der Waals surface area contributed by atoms with Gasteiger partial charge in [-0.2, -0.15) is 0 Å². The van der Waals surface area contributed by atoms with E-state index in [0.29, 0.717) is 19.2 Å². The van der Waals surface area contributed by atoms with E-state index in [1.165, 1.54) is 0 Å². The van der Waals surface area contributed by atoms with E-state index >= 15 is 0 Å². The fraction of sp³-hybridized carbons (Fsp3) is 0.500. The van der Waals surface area contributed by atoms with E-state index < -0.39 is 5.97 Å². The SMILES string of the molecule is COCc1ccccc1CN(CC(=O)O)C1CC1. The second-order valence-corrected chi connectivity index (χ2v) is 4.73. The van der Waals surface area contributed by atoms with Crippen molar-refractivity contribution < 1.29 is 14.6 Å². The molecule has 0 heterocycles. The van der Waals surface area contributed by atoms with Gasteiger partial charge in [0.2, 0.25) is 0 Å². The van der Waals surface area contributed by atoms with E-state index in [-0.39, 0.29) is 6.54 Å². The van der Waals surface area contributed by atoms with Crippen LogP contribution in [0.3, 0.4) is 0 Å². The number of hydrogen-bond donors (Lipinski definition) is 1. The van der Waals surface area contributed by atoms with Crippen LogP contribution in [-0.2, 0) is 22.7 Å². The van der Waals surface area contributed by atoms with Crippen LogP contribution in [0.5, 0.6) is 0 Å². The summed E-state index contributed by atoms with van der Waals surface area (Å²) in [5, 5.41) is 8.94. The molecule has 2 rings (SSSR count). The molecule has 1 aliphatic carbocycles. The van der Waals surface area contributed by atoms with Gasteiger partial charge in [0.1, 0.15) is 0 Å². The van der Waals surface area contributed by atoms with Gasteiger partial charge in [0, 0.05) is 19.7 Å². The fourth-order valence-corrected chi connectivity index (χ4v) is 2.15. The Labute approximate surface area is 107 Å². The van der Waals surface area contributed by atoms with E-state index in [0.717, 1.165) is 24.0 Å². The van der Waals surface area contributed by atoms with Crippen LogP contribution in [0.4, 0.5) is 0 Å². The third-order valence-corrected chi connectivity index (χ3v) is 3.19. The molecule has 0 amide bonds. The van der Waals surface area contributed by atoms with Gasteiger partial charge in [0.05, 0.1) is 13.2 Å². The van der Waals surface area contributed by atoms with Gasteiger partial charge in [-0.15, -0.1) is 0 Å². The Morgan fingerprint density at radius 2 is 2.06 bits per heavy atom. The van der Waals surface area contributed by atoms with Crippen LogP contribution in [-0.4, -0.2) is 35.7 Å². The first-order valence-corrected chi connectivity index (χ1v) is 6.22. The van der Waals surface area contributed by atoms with Crippen LogP contribution >= 0.6 is 0 Å². The summed E-state index contributed by atoms with van der Waals surface area (Å²) in [4.78, 5) is 12.9. The molecule has 1 fully saturated rings. The first-order chi connectivity index (χ1) is 8.70. The zero-order valence-corrected chi connectivity index (χ0v) is 10.6. The van der Waals surface area contributed by atoms with Crippen LogP contribution < -0.4 is 0 Å². The third-order valence-electron chi connectivity index (χ3n) is 3.19. The van der Waals surface area contributed by atoms with E-state index in [9.17, 15) is 4.79 Å². The molecule has 0 aliphatic heterocycles. The molecule has 1 aromatic carbocycles. The van der Waals surface area contributed by atoms with Gasteiger partial charge in [-0.25, -0.2) is 0 Å². The fourth-order valence-electron chi connectivity index (χ4n) is 2.15. The number of methoxy groups -OCH3 is 1. The highest BCUT2D eigenvalue weighted by Gasteiger charge is 2.30. The smallest absolute Gasteiger partial charge is 0.317 e. The molecule has 1 saturated carbocycles. The molecule has 0 unspecified atom stereocenters. The van der Waals surface area contributed by atoms with Gasteiger partial charge in [0.15, 0.2) is 0 Å². The number of aliphatic carboxylic acids is 1. The minimum Gasteiger partial charge on any atom is -0.480 e. The monoisotopic (exact) mass is 249 g/mol. The lowest BCUT2D eigenvalue weighted by Gasteiger charge is -2.21. The van der Waals surface area contributed by atoms with Crippen molar-refractivity contribution in [2.24, 2.45) is 0 Å². The molecule has 4 heteroatoms. The first-order valence-electron chi connectivity index (χ1n) is 6.22. The molecule has 1 aliphatic rings. The zero-order chi connectivity index (χ0) is 13.0. The van der Waals surface area contributed by atoms with Crippen LogP contribution in [0, 0.1) is 0 Å². The lowest BCUT2D eigenvalue weighted by atomic mass is 10.1. The summed E-state index contributed by atoms with van der Waals surface area (Å²) in [6.07, 6.45) is 2.22. The Hall–Kier alpha value is -1.39. The van der Waals surface area contributed by atoms with E-state index in [1.54, 1.807) is 7.11 Å². The van der Waals surface area contributed by atoms with Crippen molar-refractivity contribution in [3.63, 3.8) is 0 Å². The molecule has 0 spiro atoms. The highest BCUT2D eigenvalue weighted by Crippen LogP contribution is 2.28. The van der Waals surface area contributed by atoms with Crippen molar-refractivity contribution in [3.05, 3.63) is 35.4 Å². The molecule has 0 aromatic heterocycles. The average molecular weight is 249 g/mol. The molecule has 98 valence electrons. The second-order valence-electron chi connectivity index (χ2n) is 4.73. The summed E-state index contributed by atoms with van der Waals surface area (Å²) in [5.41, 5.74) is 2.29. The minimum absolute atomic E-state index is 0.117. The van der Waals surface area contributed by atoms with Crippen LogP contribution in [0.15, 0.2) is 24.3 Å². The zero-order valence-electron chi connectivity index (χ0n) is 10.6. The Kier molecular flexibility index (Phi) is 4.33. The van der Waals surface area contributed by atoms with E-state index in [2.05, 4.69) is 0 Å². The van der Waals surface area contributed by atoms with E-state index in [1.807, 2.05) is 29.2 Å². The Morgan fingerprint density at radius 3 is 2.61 bits per heavy atom. The maximum Gasteiger partial charge on any atom is 0.317 e. The molecule has 0 bridgehead atoms. The summed E-state index contributed by atoms with van der Waals surface area (Å²) >= 11 is 0. The molecule has 0 radical (unpaired) electrons. The van der Waals surface area contributed by atoms with Crippen molar-refractivity contribution in [1.29, 1.82) is 0 Å². The minimum atomic E-state index is -0.758. The number of carboxylic acid groups (broad SMARTS) is 1. The second kappa shape index (κ2) is 5.98. The Morgan fingerprint density at radius 1 is 1.39 bits per heavy atom.